The Morgan fingerprint density at radius 3 is 2.53 bits per heavy atom. The van der Waals surface area contributed by atoms with Gasteiger partial charge in [-0.15, -0.1) is 0 Å². The van der Waals surface area contributed by atoms with Gasteiger partial charge in [-0.3, -0.25) is 0 Å². The predicted octanol–water partition coefficient (Wildman–Crippen LogP) is 4.02. The Bertz CT molecular complexity index is 500. The minimum Gasteiger partial charge on any atom is -0.449 e. The van der Waals surface area contributed by atoms with E-state index in [1.165, 1.54) is 16.7 Å². The minimum absolute atomic E-state index is 1.02. The van der Waals surface area contributed by atoms with Crippen LogP contribution in [0.15, 0.2) is 42.5 Å². The van der Waals surface area contributed by atoms with Gasteiger partial charge in [0.25, 0.3) is 0 Å². The largest absolute Gasteiger partial charge is 0.449 e. The number of hydrogen-bond donors (Lipinski definition) is 0. The number of ether oxygens (including phenoxy) is 1. The van der Waals surface area contributed by atoms with Gasteiger partial charge in [-0.1, -0.05) is 43.3 Å². The van der Waals surface area contributed by atoms with Crippen LogP contribution in [-0.4, -0.2) is 0 Å². The van der Waals surface area contributed by atoms with Crippen LogP contribution in [0.4, 0.5) is 0 Å². The highest BCUT2D eigenvalue weighted by Crippen LogP contribution is 2.51. The van der Waals surface area contributed by atoms with Gasteiger partial charge in [0.15, 0.2) is 11.5 Å². The van der Waals surface area contributed by atoms with Crippen LogP contribution < -0.4 is 4.74 Å². The van der Waals surface area contributed by atoms with Crippen LogP contribution in [0.3, 0.4) is 0 Å². The monoisotopic (exact) mass is 196 g/mol. The van der Waals surface area contributed by atoms with E-state index in [2.05, 4.69) is 43.3 Å². The molecule has 1 heterocycles. The van der Waals surface area contributed by atoms with Crippen molar-refractivity contribution >= 4 is 0 Å². The Kier molecular flexibility index (Phi) is 1.78. The lowest BCUT2D eigenvalue weighted by molar-refractivity contribution is 0.644. The van der Waals surface area contributed by atoms with Crippen molar-refractivity contribution in [3.63, 3.8) is 0 Å². The van der Waals surface area contributed by atoms with Crippen LogP contribution in [-0.2, 0) is 6.42 Å². The van der Waals surface area contributed by atoms with Crippen molar-refractivity contribution in [2.45, 2.75) is 13.3 Å². The van der Waals surface area contributed by atoms with Crippen molar-refractivity contribution in [2.75, 3.05) is 0 Å². The number of fused-ring (bicyclic) bond motifs is 1. The summed E-state index contributed by atoms with van der Waals surface area (Å²) in [6.45, 7) is 2.17. The summed E-state index contributed by atoms with van der Waals surface area (Å²) in [6, 6.07) is 14.7. The summed E-state index contributed by atoms with van der Waals surface area (Å²) in [4.78, 5) is 0. The lowest BCUT2D eigenvalue weighted by Gasteiger charge is -2.04. The van der Waals surface area contributed by atoms with E-state index < -0.39 is 0 Å². The van der Waals surface area contributed by atoms with Gasteiger partial charge in [-0.05, 0) is 23.6 Å². The molecule has 0 atom stereocenters. The maximum atomic E-state index is 5.42. The molecule has 15 heavy (non-hydrogen) atoms. The standard InChI is InChI=1S/C14H12O/c1-2-11-12(8-9-13-14(11)15-13)10-6-4-3-5-7-10/h3-9H,2H2,1H3. The van der Waals surface area contributed by atoms with Gasteiger partial charge < -0.3 is 4.74 Å². The molecule has 1 aliphatic heterocycles. The van der Waals surface area contributed by atoms with Crippen molar-refractivity contribution in [1.82, 2.24) is 0 Å². The Hall–Kier alpha value is -1.76. The normalized spacial score (nSPS) is 11.8. The van der Waals surface area contributed by atoms with E-state index in [0.29, 0.717) is 0 Å². The van der Waals surface area contributed by atoms with Crippen LogP contribution in [0.2, 0.25) is 0 Å². The van der Waals surface area contributed by atoms with Crippen LogP contribution >= 0.6 is 0 Å². The van der Waals surface area contributed by atoms with E-state index in [9.17, 15) is 0 Å². The quantitative estimate of drug-likeness (QED) is 0.564. The van der Waals surface area contributed by atoms with E-state index in [1.54, 1.807) is 0 Å². The van der Waals surface area contributed by atoms with Gasteiger partial charge in [-0.25, -0.2) is 0 Å². The van der Waals surface area contributed by atoms with Crippen molar-refractivity contribution in [1.29, 1.82) is 0 Å². The lowest BCUT2D eigenvalue weighted by atomic mass is 9.98. The van der Waals surface area contributed by atoms with E-state index >= 15 is 0 Å². The van der Waals surface area contributed by atoms with Crippen molar-refractivity contribution in [3.8, 4) is 22.6 Å². The molecule has 0 fully saturated rings. The molecule has 0 saturated heterocycles. The molecule has 0 unspecified atom stereocenters. The van der Waals surface area contributed by atoms with Crippen molar-refractivity contribution in [2.24, 2.45) is 0 Å². The third-order valence-corrected chi connectivity index (χ3v) is 2.83. The molecule has 1 aliphatic rings. The molecule has 0 saturated carbocycles. The fraction of sp³-hybridized carbons (Fsp3) is 0.143. The van der Waals surface area contributed by atoms with E-state index in [0.717, 1.165) is 17.9 Å². The van der Waals surface area contributed by atoms with Crippen molar-refractivity contribution < 1.29 is 4.74 Å². The Morgan fingerprint density at radius 1 is 1.00 bits per heavy atom. The molecule has 0 aliphatic carbocycles. The lowest BCUT2D eigenvalue weighted by Crippen LogP contribution is -1.83. The van der Waals surface area contributed by atoms with Crippen LogP contribution in [0.25, 0.3) is 11.1 Å². The van der Waals surface area contributed by atoms with Crippen LogP contribution in [0.1, 0.15) is 12.5 Å². The molecule has 2 aromatic carbocycles. The molecule has 0 radical (unpaired) electrons. The molecule has 2 aromatic rings. The summed E-state index contributed by atoms with van der Waals surface area (Å²) in [5.74, 6) is 2.14. The topological polar surface area (TPSA) is 12.5 Å². The van der Waals surface area contributed by atoms with Crippen LogP contribution in [0, 0.1) is 0 Å². The number of rotatable bonds is 2. The molecule has 74 valence electrons. The van der Waals surface area contributed by atoms with E-state index in [4.69, 9.17) is 4.74 Å². The number of benzene rings is 2. The SMILES string of the molecule is CCc1c(-c2ccccc2)ccc2c1O2. The molecule has 0 spiro atoms. The highest BCUT2D eigenvalue weighted by atomic mass is 16.6. The Balaban J connectivity index is 2.17. The van der Waals surface area contributed by atoms with Gasteiger partial charge in [0.2, 0.25) is 0 Å². The summed E-state index contributed by atoms with van der Waals surface area (Å²) in [7, 11) is 0. The van der Waals surface area contributed by atoms with Gasteiger partial charge in [0.1, 0.15) is 0 Å². The molecule has 0 bridgehead atoms. The molecule has 3 rings (SSSR count). The maximum absolute atomic E-state index is 5.42. The summed E-state index contributed by atoms with van der Waals surface area (Å²) in [5, 5.41) is 0. The third kappa shape index (κ3) is 1.32. The second kappa shape index (κ2) is 3.13. The minimum atomic E-state index is 1.02. The fourth-order valence-corrected chi connectivity index (χ4v) is 2.03. The predicted molar refractivity (Wildman–Crippen MR) is 61.3 cm³/mol. The molecule has 0 aromatic heterocycles. The summed E-state index contributed by atoms with van der Waals surface area (Å²) >= 11 is 0. The molecular weight excluding hydrogens is 184 g/mol. The second-order valence-electron chi connectivity index (χ2n) is 3.74. The summed E-state index contributed by atoms with van der Waals surface area (Å²) < 4.78 is 5.42. The first-order chi connectivity index (χ1) is 7.40. The zero-order valence-electron chi connectivity index (χ0n) is 8.66. The zero-order chi connectivity index (χ0) is 10.3. The highest BCUT2D eigenvalue weighted by Gasteiger charge is 2.25. The zero-order valence-corrected chi connectivity index (χ0v) is 8.66. The molecule has 1 heteroatoms. The Labute approximate surface area is 89.3 Å². The molecule has 0 amide bonds. The van der Waals surface area contributed by atoms with Gasteiger partial charge in [0.05, 0.1) is 0 Å². The Morgan fingerprint density at radius 2 is 1.80 bits per heavy atom. The van der Waals surface area contributed by atoms with Crippen molar-refractivity contribution in [3.05, 3.63) is 48.0 Å². The van der Waals surface area contributed by atoms with Gasteiger partial charge in [0, 0.05) is 5.56 Å². The smallest absolute Gasteiger partial charge is 0.173 e. The molecule has 1 nitrogen and oxygen atoms in total. The van der Waals surface area contributed by atoms with Crippen LogP contribution in [0.5, 0.6) is 11.5 Å². The van der Waals surface area contributed by atoms with Gasteiger partial charge in [-0.2, -0.15) is 0 Å². The first-order valence-corrected chi connectivity index (χ1v) is 5.29. The third-order valence-electron chi connectivity index (χ3n) is 2.83. The highest BCUT2D eigenvalue weighted by molar-refractivity contribution is 5.76. The average molecular weight is 196 g/mol. The average Bonchev–Trinajstić information content (AvgIpc) is 3.07. The first-order valence-electron chi connectivity index (χ1n) is 5.29. The fourth-order valence-electron chi connectivity index (χ4n) is 2.03. The first kappa shape index (κ1) is 8.54. The van der Waals surface area contributed by atoms with Gasteiger partial charge >= 0.3 is 0 Å². The molecular formula is C14H12O. The molecule has 0 N–H and O–H groups in total. The maximum Gasteiger partial charge on any atom is 0.173 e. The summed E-state index contributed by atoms with van der Waals surface area (Å²) in [5.41, 5.74) is 3.90. The summed E-state index contributed by atoms with van der Waals surface area (Å²) in [6.07, 6.45) is 1.02. The van der Waals surface area contributed by atoms with E-state index in [-0.39, 0.29) is 0 Å². The number of hydrogen-bond acceptors (Lipinski definition) is 1. The second-order valence-corrected chi connectivity index (χ2v) is 3.74. The van der Waals surface area contributed by atoms with E-state index in [1.807, 2.05) is 6.07 Å².